The van der Waals surface area contributed by atoms with Gasteiger partial charge >= 0.3 is 0 Å². The Labute approximate surface area is 168 Å². The van der Waals surface area contributed by atoms with Crippen LogP contribution in [0.15, 0.2) is 65.8 Å². The molecule has 0 fully saturated rings. The van der Waals surface area contributed by atoms with Crippen molar-refractivity contribution in [3.63, 3.8) is 0 Å². The number of nitrogens with zero attached hydrogens (tertiary/aromatic N) is 3. The number of imidazole rings is 1. The van der Waals surface area contributed by atoms with E-state index < -0.39 is 9.84 Å². The second kappa shape index (κ2) is 7.21. The van der Waals surface area contributed by atoms with Gasteiger partial charge in [-0.15, -0.1) is 0 Å². The van der Waals surface area contributed by atoms with Crippen LogP contribution in [0.1, 0.15) is 0 Å². The van der Waals surface area contributed by atoms with Gasteiger partial charge in [0.15, 0.2) is 21.3 Å². The van der Waals surface area contributed by atoms with Crippen molar-refractivity contribution >= 4 is 15.6 Å². The molecule has 0 N–H and O–H groups in total. The van der Waals surface area contributed by atoms with Crippen LogP contribution >= 0.6 is 0 Å². The number of rotatable bonds is 5. The van der Waals surface area contributed by atoms with E-state index in [0.717, 1.165) is 16.8 Å². The maximum atomic E-state index is 11.8. The SMILES string of the molecule is COc1ccc(-c2nc3ncccn3c2-c2ccc(S(C)(=O)=O)cc2)cc1OC. The predicted octanol–water partition coefficient (Wildman–Crippen LogP) is 3.48. The molecule has 0 aliphatic rings. The third kappa shape index (κ3) is 3.42. The molecule has 2 aromatic carbocycles. The fraction of sp³-hybridized carbons (Fsp3) is 0.143. The van der Waals surface area contributed by atoms with E-state index in [1.54, 1.807) is 44.7 Å². The molecule has 8 heteroatoms. The summed E-state index contributed by atoms with van der Waals surface area (Å²) in [5.74, 6) is 1.75. The summed E-state index contributed by atoms with van der Waals surface area (Å²) in [5.41, 5.74) is 3.16. The molecule has 29 heavy (non-hydrogen) atoms. The Morgan fingerprint density at radius 3 is 2.28 bits per heavy atom. The predicted molar refractivity (Wildman–Crippen MR) is 110 cm³/mol. The van der Waals surface area contributed by atoms with Gasteiger partial charge in [-0.3, -0.25) is 4.40 Å². The van der Waals surface area contributed by atoms with Gasteiger partial charge in [0.2, 0.25) is 5.78 Å². The minimum atomic E-state index is -3.28. The van der Waals surface area contributed by atoms with Crippen molar-refractivity contribution in [2.24, 2.45) is 0 Å². The van der Waals surface area contributed by atoms with Crippen LogP contribution in [-0.4, -0.2) is 43.3 Å². The van der Waals surface area contributed by atoms with Crippen molar-refractivity contribution in [2.75, 3.05) is 20.5 Å². The molecule has 4 aromatic rings. The fourth-order valence-electron chi connectivity index (χ4n) is 3.21. The number of aromatic nitrogens is 3. The van der Waals surface area contributed by atoms with E-state index in [4.69, 9.17) is 14.5 Å². The highest BCUT2D eigenvalue weighted by atomic mass is 32.2. The lowest BCUT2D eigenvalue weighted by molar-refractivity contribution is 0.355. The maximum Gasteiger partial charge on any atom is 0.234 e. The van der Waals surface area contributed by atoms with Gasteiger partial charge < -0.3 is 9.47 Å². The summed E-state index contributed by atoms with van der Waals surface area (Å²) in [6.07, 6.45) is 4.74. The summed E-state index contributed by atoms with van der Waals surface area (Å²) in [6, 6.07) is 14.1. The molecule has 0 amide bonds. The molecule has 0 atom stereocenters. The zero-order chi connectivity index (χ0) is 20.6. The third-order valence-corrected chi connectivity index (χ3v) is 5.75. The first-order valence-corrected chi connectivity index (χ1v) is 10.7. The quantitative estimate of drug-likeness (QED) is 0.502. The number of sulfone groups is 1. The fourth-order valence-corrected chi connectivity index (χ4v) is 3.84. The number of ether oxygens (including phenoxy) is 2. The second-order valence-electron chi connectivity index (χ2n) is 6.47. The molecule has 0 bridgehead atoms. The van der Waals surface area contributed by atoms with Crippen LogP contribution in [0.4, 0.5) is 0 Å². The Hall–Kier alpha value is -3.39. The summed E-state index contributed by atoms with van der Waals surface area (Å²) >= 11 is 0. The van der Waals surface area contributed by atoms with Crippen LogP contribution in [0.5, 0.6) is 11.5 Å². The van der Waals surface area contributed by atoms with E-state index in [-0.39, 0.29) is 4.90 Å². The van der Waals surface area contributed by atoms with E-state index in [2.05, 4.69) is 4.98 Å². The van der Waals surface area contributed by atoms with Gasteiger partial charge in [-0.2, -0.15) is 0 Å². The summed E-state index contributed by atoms with van der Waals surface area (Å²) < 4.78 is 36.3. The number of hydrogen-bond acceptors (Lipinski definition) is 6. The monoisotopic (exact) mass is 409 g/mol. The number of hydrogen-bond donors (Lipinski definition) is 0. The topological polar surface area (TPSA) is 82.8 Å². The Balaban J connectivity index is 1.95. The van der Waals surface area contributed by atoms with E-state index in [9.17, 15) is 8.42 Å². The molecule has 2 heterocycles. The maximum absolute atomic E-state index is 11.8. The van der Waals surface area contributed by atoms with Crippen LogP contribution in [0, 0.1) is 0 Å². The van der Waals surface area contributed by atoms with Gasteiger partial charge in [0.25, 0.3) is 0 Å². The molecule has 7 nitrogen and oxygen atoms in total. The van der Waals surface area contributed by atoms with Crippen molar-refractivity contribution in [1.29, 1.82) is 0 Å². The van der Waals surface area contributed by atoms with Crippen molar-refractivity contribution < 1.29 is 17.9 Å². The molecule has 4 rings (SSSR count). The van der Waals surface area contributed by atoms with Gasteiger partial charge in [0.05, 0.1) is 30.5 Å². The molecule has 0 radical (unpaired) electrons. The van der Waals surface area contributed by atoms with Gasteiger partial charge in [0, 0.05) is 29.8 Å². The first kappa shape index (κ1) is 18.9. The normalized spacial score (nSPS) is 11.6. The molecule has 0 aliphatic heterocycles. The zero-order valence-electron chi connectivity index (χ0n) is 16.2. The highest BCUT2D eigenvalue weighted by Crippen LogP contribution is 2.37. The number of fused-ring (bicyclic) bond motifs is 1. The van der Waals surface area contributed by atoms with Crippen molar-refractivity contribution in [1.82, 2.24) is 14.4 Å². The van der Waals surface area contributed by atoms with Crippen LogP contribution in [-0.2, 0) is 9.84 Å². The van der Waals surface area contributed by atoms with Crippen LogP contribution < -0.4 is 9.47 Å². The van der Waals surface area contributed by atoms with Gasteiger partial charge in [0.1, 0.15) is 0 Å². The smallest absolute Gasteiger partial charge is 0.234 e. The van der Waals surface area contributed by atoms with Gasteiger partial charge in [-0.1, -0.05) is 12.1 Å². The van der Waals surface area contributed by atoms with Gasteiger partial charge in [-0.25, -0.2) is 18.4 Å². The molecule has 0 saturated carbocycles. The molecular formula is C21H19N3O4S. The highest BCUT2D eigenvalue weighted by Gasteiger charge is 2.19. The minimum Gasteiger partial charge on any atom is -0.493 e. The van der Waals surface area contributed by atoms with Crippen molar-refractivity contribution in [3.8, 4) is 34.0 Å². The standard InChI is InChI=1S/C21H19N3O4S/c1-27-17-10-7-15(13-18(17)28-2)19-20(24-12-4-11-22-21(24)23-19)14-5-8-16(9-6-14)29(3,25)26/h4-13H,1-3H3. The molecule has 0 saturated heterocycles. The summed E-state index contributed by atoms with van der Waals surface area (Å²) in [7, 11) is -0.110. The minimum absolute atomic E-state index is 0.265. The molecule has 148 valence electrons. The Kier molecular flexibility index (Phi) is 4.71. The highest BCUT2D eigenvalue weighted by molar-refractivity contribution is 7.90. The van der Waals surface area contributed by atoms with E-state index in [1.165, 1.54) is 6.26 Å². The average Bonchev–Trinajstić information content (AvgIpc) is 3.12. The van der Waals surface area contributed by atoms with E-state index >= 15 is 0 Å². The molecule has 0 unspecified atom stereocenters. The molecule has 0 aliphatic carbocycles. The summed E-state index contributed by atoms with van der Waals surface area (Å²) in [4.78, 5) is 9.31. The Bertz CT molecular complexity index is 1300. The average molecular weight is 409 g/mol. The molecule has 2 aromatic heterocycles. The lowest BCUT2D eigenvalue weighted by atomic mass is 10.0. The zero-order valence-corrected chi connectivity index (χ0v) is 17.0. The third-order valence-electron chi connectivity index (χ3n) is 4.62. The Morgan fingerprint density at radius 2 is 1.62 bits per heavy atom. The summed E-state index contributed by atoms with van der Waals surface area (Å²) in [5, 5.41) is 0. The summed E-state index contributed by atoms with van der Waals surface area (Å²) in [6.45, 7) is 0. The van der Waals surface area contributed by atoms with E-state index in [1.807, 2.05) is 34.9 Å². The number of benzene rings is 2. The van der Waals surface area contributed by atoms with Crippen LogP contribution in [0.25, 0.3) is 28.3 Å². The first-order valence-electron chi connectivity index (χ1n) is 8.78. The first-order chi connectivity index (χ1) is 13.9. The van der Waals surface area contributed by atoms with Crippen molar-refractivity contribution in [2.45, 2.75) is 4.90 Å². The lowest BCUT2D eigenvalue weighted by Crippen LogP contribution is -1.97. The van der Waals surface area contributed by atoms with Crippen molar-refractivity contribution in [3.05, 3.63) is 60.9 Å². The largest absolute Gasteiger partial charge is 0.493 e. The number of methoxy groups -OCH3 is 2. The Morgan fingerprint density at radius 1 is 0.931 bits per heavy atom. The lowest BCUT2D eigenvalue weighted by Gasteiger charge is -2.10. The van der Waals surface area contributed by atoms with Crippen LogP contribution in [0.3, 0.4) is 0 Å². The molecule has 0 spiro atoms. The molecular weight excluding hydrogens is 390 g/mol. The van der Waals surface area contributed by atoms with Gasteiger partial charge in [-0.05, 0) is 36.4 Å². The van der Waals surface area contributed by atoms with E-state index in [0.29, 0.717) is 23.0 Å². The van der Waals surface area contributed by atoms with Crippen LogP contribution in [0.2, 0.25) is 0 Å². The second-order valence-corrected chi connectivity index (χ2v) is 8.48.